The van der Waals surface area contributed by atoms with Gasteiger partial charge in [0.15, 0.2) is 0 Å². The van der Waals surface area contributed by atoms with Gasteiger partial charge in [-0.25, -0.2) is 4.39 Å². The molecule has 2 aromatic rings. The molecule has 2 rings (SSSR count). The first-order valence-electron chi connectivity index (χ1n) is 5.38. The highest BCUT2D eigenvalue weighted by Gasteiger charge is 2.17. The smallest absolute Gasteiger partial charge is 0.123 e. The van der Waals surface area contributed by atoms with Gasteiger partial charge < -0.3 is 5.11 Å². The molecular weight excluding hydrogens is 274 g/mol. The van der Waals surface area contributed by atoms with E-state index in [0.29, 0.717) is 21.2 Å². The maximum atomic E-state index is 13.2. The summed E-state index contributed by atoms with van der Waals surface area (Å²) in [6.45, 7) is 1.80. The summed E-state index contributed by atoms with van der Waals surface area (Å²) >= 11 is 12.0. The summed E-state index contributed by atoms with van der Waals surface area (Å²) in [4.78, 5) is 0. The standard InChI is InChI=1S/C14H11Cl2FO/c1-8-10(3-2-4-12(8)15)14(18)11-7-9(17)5-6-13(11)16/h2-7,14,18H,1H3. The second kappa shape index (κ2) is 5.27. The van der Waals surface area contributed by atoms with Gasteiger partial charge in [-0.2, -0.15) is 0 Å². The third-order valence-electron chi connectivity index (χ3n) is 2.86. The minimum atomic E-state index is -0.994. The number of aliphatic hydroxyl groups excluding tert-OH is 1. The Kier molecular flexibility index (Phi) is 3.91. The molecule has 1 atom stereocenters. The maximum absolute atomic E-state index is 13.2. The van der Waals surface area contributed by atoms with Crippen LogP contribution in [0.2, 0.25) is 10.0 Å². The van der Waals surface area contributed by atoms with E-state index in [-0.39, 0.29) is 0 Å². The molecule has 2 aromatic carbocycles. The summed E-state index contributed by atoms with van der Waals surface area (Å²) in [5.41, 5.74) is 1.71. The molecule has 1 N–H and O–H groups in total. The Morgan fingerprint density at radius 2 is 1.78 bits per heavy atom. The molecule has 0 bridgehead atoms. The van der Waals surface area contributed by atoms with Crippen molar-refractivity contribution in [1.82, 2.24) is 0 Å². The summed E-state index contributed by atoms with van der Waals surface area (Å²) in [5.74, 6) is -0.437. The third kappa shape index (κ3) is 2.51. The average molecular weight is 285 g/mol. The van der Waals surface area contributed by atoms with Crippen molar-refractivity contribution in [2.75, 3.05) is 0 Å². The van der Waals surface area contributed by atoms with Crippen LogP contribution in [0.5, 0.6) is 0 Å². The van der Waals surface area contributed by atoms with E-state index in [1.165, 1.54) is 18.2 Å². The summed E-state index contributed by atoms with van der Waals surface area (Å²) in [7, 11) is 0. The molecule has 1 nitrogen and oxygen atoms in total. The molecular formula is C14H11Cl2FO. The van der Waals surface area contributed by atoms with E-state index in [4.69, 9.17) is 23.2 Å². The van der Waals surface area contributed by atoms with Crippen LogP contribution in [0.15, 0.2) is 36.4 Å². The predicted octanol–water partition coefficient (Wildman–Crippen LogP) is 4.52. The van der Waals surface area contributed by atoms with Crippen LogP contribution in [0.1, 0.15) is 22.8 Å². The molecule has 0 amide bonds. The summed E-state index contributed by atoms with van der Waals surface area (Å²) in [5, 5.41) is 11.2. The van der Waals surface area contributed by atoms with Crippen LogP contribution in [0.25, 0.3) is 0 Å². The van der Waals surface area contributed by atoms with Gasteiger partial charge in [-0.05, 0) is 42.3 Å². The first-order valence-corrected chi connectivity index (χ1v) is 6.14. The average Bonchev–Trinajstić information content (AvgIpc) is 2.35. The van der Waals surface area contributed by atoms with Gasteiger partial charge in [0.05, 0.1) is 0 Å². The third-order valence-corrected chi connectivity index (χ3v) is 3.61. The van der Waals surface area contributed by atoms with E-state index in [0.717, 1.165) is 5.56 Å². The van der Waals surface area contributed by atoms with E-state index in [2.05, 4.69) is 0 Å². The van der Waals surface area contributed by atoms with E-state index in [1.807, 2.05) is 0 Å². The quantitative estimate of drug-likeness (QED) is 0.860. The summed E-state index contributed by atoms with van der Waals surface area (Å²) < 4.78 is 13.2. The molecule has 1 unspecified atom stereocenters. The van der Waals surface area contributed by atoms with Gasteiger partial charge in [-0.3, -0.25) is 0 Å². The van der Waals surface area contributed by atoms with Crippen molar-refractivity contribution in [2.24, 2.45) is 0 Å². The predicted molar refractivity (Wildman–Crippen MR) is 71.7 cm³/mol. The second-order valence-electron chi connectivity index (χ2n) is 4.02. The van der Waals surface area contributed by atoms with Gasteiger partial charge in [-0.1, -0.05) is 35.3 Å². The van der Waals surface area contributed by atoms with Gasteiger partial charge in [0.1, 0.15) is 11.9 Å². The van der Waals surface area contributed by atoms with Crippen LogP contribution in [-0.4, -0.2) is 5.11 Å². The molecule has 4 heteroatoms. The van der Waals surface area contributed by atoms with Gasteiger partial charge >= 0.3 is 0 Å². The highest BCUT2D eigenvalue weighted by atomic mass is 35.5. The number of hydrogen-bond donors (Lipinski definition) is 1. The first kappa shape index (κ1) is 13.3. The lowest BCUT2D eigenvalue weighted by Gasteiger charge is -2.16. The van der Waals surface area contributed by atoms with Crippen LogP contribution in [-0.2, 0) is 0 Å². The van der Waals surface area contributed by atoms with Gasteiger partial charge in [0.2, 0.25) is 0 Å². The molecule has 0 aliphatic carbocycles. The van der Waals surface area contributed by atoms with Crippen molar-refractivity contribution in [1.29, 1.82) is 0 Å². The van der Waals surface area contributed by atoms with Crippen LogP contribution >= 0.6 is 23.2 Å². The van der Waals surface area contributed by atoms with E-state index in [9.17, 15) is 9.50 Å². The molecule has 18 heavy (non-hydrogen) atoms. The molecule has 0 saturated heterocycles. The molecule has 0 heterocycles. The second-order valence-corrected chi connectivity index (χ2v) is 4.84. The Labute approximate surface area is 115 Å². The van der Waals surface area contributed by atoms with Crippen molar-refractivity contribution < 1.29 is 9.50 Å². The summed E-state index contributed by atoms with van der Waals surface area (Å²) in [6, 6.07) is 9.13. The van der Waals surface area contributed by atoms with Gasteiger partial charge in [-0.15, -0.1) is 0 Å². The molecule has 0 aliphatic heterocycles. The number of halogens is 3. The summed E-state index contributed by atoms with van der Waals surface area (Å²) in [6.07, 6.45) is -0.994. The lowest BCUT2D eigenvalue weighted by molar-refractivity contribution is 0.219. The molecule has 0 aliphatic rings. The number of hydrogen-bond acceptors (Lipinski definition) is 1. The highest BCUT2D eigenvalue weighted by molar-refractivity contribution is 6.32. The van der Waals surface area contributed by atoms with E-state index in [1.54, 1.807) is 25.1 Å². The molecule has 0 radical (unpaired) electrons. The maximum Gasteiger partial charge on any atom is 0.123 e. The van der Waals surface area contributed by atoms with Crippen molar-refractivity contribution >= 4 is 23.2 Å². The monoisotopic (exact) mass is 284 g/mol. The SMILES string of the molecule is Cc1c(Cl)cccc1C(O)c1cc(F)ccc1Cl. The number of rotatable bonds is 2. The van der Waals surface area contributed by atoms with Crippen molar-refractivity contribution in [2.45, 2.75) is 13.0 Å². The zero-order valence-electron chi connectivity index (χ0n) is 9.62. The normalized spacial score (nSPS) is 12.5. The molecule has 0 fully saturated rings. The fraction of sp³-hybridized carbons (Fsp3) is 0.143. The van der Waals surface area contributed by atoms with Crippen LogP contribution in [0.4, 0.5) is 4.39 Å². The minimum absolute atomic E-state index is 0.322. The van der Waals surface area contributed by atoms with E-state index >= 15 is 0 Å². The largest absolute Gasteiger partial charge is 0.384 e. The molecule has 0 saturated carbocycles. The Balaban J connectivity index is 2.51. The zero-order valence-corrected chi connectivity index (χ0v) is 11.1. The number of benzene rings is 2. The topological polar surface area (TPSA) is 20.2 Å². The minimum Gasteiger partial charge on any atom is -0.384 e. The lowest BCUT2D eigenvalue weighted by Crippen LogP contribution is -2.03. The molecule has 0 aromatic heterocycles. The lowest BCUT2D eigenvalue weighted by atomic mass is 9.97. The highest BCUT2D eigenvalue weighted by Crippen LogP contribution is 2.32. The van der Waals surface area contributed by atoms with Crippen LogP contribution in [0, 0.1) is 12.7 Å². The van der Waals surface area contributed by atoms with Gasteiger partial charge in [0.25, 0.3) is 0 Å². The Hall–Kier alpha value is -1.09. The molecule has 94 valence electrons. The van der Waals surface area contributed by atoms with Crippen LogP contribution < -0.4 is 0 Å². The van der Waals surface area contributed by atoms with Crippen molar-refractivity contribution in [3.05, 3.63) is 69.0 Å². The Morgan fingerprint density at radius 3 is 2.50 bits per heavy atom. The number of aliphatic hydroxyl groups is 1. The van der Waals surface area contributed by atoms with Crippen LogP contribution in [0.3, 0.4) is 0 Å². The van der Waals surface area contributed by atoms with E-state index < -0.39 is 11.9 Å². The van der Waals surface area contributed by atoms with Crippen molar-refractivity contribution in [3.8, 4) is 0 Å². The first-order chi connectivity index (χ1) is 8.50. The Bertz CT molecular complexity index is 582. The zero-order chi connectivity index (χ0) is 13.3. The fourth-order valence-electron chi connectivity index (χ4n) is 1.81. The molecule has 0 spiro atoms. The Morgan fingerprint density at radius 1 is 1.06 bits per heavy atom. The fourth-order valence-corrected chi connectivity index (χ4v) is 2.21. The van der Waals surface area contributed by atoms with Crippen molar-refractivity contribution in [3.63, 3.8) is 0 Å². The van der Waals surface area contributed by atoms with Gasteiger partial charge in [0, 0.05) is 15.6 Å².